The van der Waals surface area contributed by atoms with Crippen LogP contribution in [0.5, 0.6) is 0 Å². The van der Waals surface area contributed by atoms with E-state index in [1.54, 1.807) is 0 Å². The topological polar surface area (TPSA) is 38.7 Å². The Labute approximate surface area is 377 Å². The van der Waals surface area contributed by atoms with Crippen molar-refractivity contribution in [3.63, 3.8) is 0 Å². The molecule has 0 saturated heterocycles. The lowest BCUT2D eigenvalue weighted by Crippen LogP contribution is -2.00. The number of benzene rings is 11. The summed E-state index contributed by atoms with van der Waals surface area (Å²) in [6, 6.07) is 77.2. The van der Waals surface area contributed by atoms with Crippen molar-refractivity contribution in [3.8, 4) is 56.4 Å². The number of thiophene rings is 1. The number of hydrogen-bond acceptors (Lipinski definition) is 4. The van der Waals surface area contributed by atoms with Gasteiger partial charge in [-0.15, -0.1) is 11.3 Å². The maximum Gasteiger partial charge on any atom is 0.164 e. The van der Waals surface area contributed by atoms with E-state index in [4.69, 9.17) is 15.0 Å². The number of aromatic nitrogens is 3. The molecule has 0 unspecified atom stereocenters. The van der Waals surface area contributed by atoms with E-state index >= 15 is 0 Å². The van der Waals surface area contributed by atoms with Crippen molar-refractivity contribution in [2.24, 2.45) is 0 Å². The molecule has 0 aliphatic heterocycles. The molecule has 2 heterocycles. The minimum Gasteiger partial charge on any atom is -0.208 e. The third-order valence-electron chi connectivity index (χ3n) is 13.4. The highest BCUT2D eigenvalue weighted by Gasteiger charge is 2.19. The predicted molar refractivity (Wildman–Crippen MR) is 276 cm³/mol. The second-order valence-electron chi connectivity index (χ2n) is 17.1. The Morgan fingerprint density at radius 3 is 1.35 bits per heavy atom. The van der Waals surface area contributed by atoms with Gasteiger partial charge in [0.2, 0.25) is 0 Å². The average molecular weight is 842 g/mol. The molecule has 0 radical (unpaired) electrons. The van der Waals surface area contributed by atoms with Gasteiger partial charge in [-0.1, -0.05) is 176 Å². The van der Waals surface area contributed by atoms with Gasteiger partial charge in [-0.3, -0.25) is 0 Å². The van der Waals surface area contributed by atoms with Crippen molar-refractivity contribution in [1.82, 2.24) is 15.0 Å². The zero-order valence-electron chi connectivity index (χ0n) is 35.0. The van der Waals surface area contributed by atoms with E-state index in [9.17, 15) is 0 Å². The Balaban J connectivity index is 0.932. The Kier molecular flexibility index (Phi) is 7.85. The standard InChI is InChI=1S/C61H35N3S/c1-2-11-40(12-3-1)59-62-60(64-61(63-59)43-31-32-54-51(34-43)47-18-6-7-22-53(47)65-54)41-28-23-36(24-29-41)45-16-4-5-17-46(45)44-33-42-30-27-39-14-9-20-49-48-19-8-13-37-25-26-38-15-10-21-50(57(38)55(37)48)52(35-44)58(42)56(39)49/h1-35H. The maximum absolute atomic E-state index is 5.15. The van der Waals surface area contributed by atoms with Crippen LogP contribution in [0.3, 0.4) is 0 Å². The average Bonchev–Trinajstić information content (AvgIpc) is 3.75. The van der Waals surface area contributed by atoms with Crippen molar-refractivity contribution in [3.05, 3.63) is 212 Å². The zero-order valence-corrected chi connectivity index (χ0v) is 35.8. The predicted octanol–water partition coefficient (Wildman–Crippen LogP) is 16.9. The minimum absolute atomic E-state index is 0.641. The van der Waals surface area contributed by atoms with Gasteiger partial charge in [-0.05, 0) is 123 Å². The number of hydrogen-bond donors (Lipinski definition) is 0. The molecule has 2 aromatic heterocycles. The van der Waals surface area contributed by atoms with E-state index < -0.39 is 0 Å². The molecule has 0 N–H and O–H groups in total. The Morgan fingerprint density at radius 2 is 0.692 bits per heavy atom. The fraction of sp³-hybridized carbons (Fsp3) is 0. The summed E-state index contributed by atoms with van der Waals surface area (Å²) < 4.78 is 2.53. The number of rotatable bonds is 5. The fourth-order valence-corrected chi connectivity index (χ4v) is 11.5. The van der Waals surface area contributed by atoms with Crippen LogP contribution in [-0.4, -0.2) is 15.0 Å². The van der Waals surface area contributed by atoms with Crippen LogP contribution < -0.4 is 0 Å². The van der Waals surface area contributed by atoms with E-state index in [-0.39, 0.29) is 0 Å². The Bertz CT molecular complexity index is 4220. The molecule has 65 heavy (non-hydrogen) atoms. The van der Waals surface area contributed by atoms with Gasteiger partial charge < -0.3 is 0 Å². The van der Waals surface area contributed by atoms with Gasteiger partial charge >= 0.3 is 0 Å². The highest BCUT2D eigenvalue weighted by molar-refractivity contribution is 7.25. The van der Waals surface area contributed by atoms with Gasteiger partial charge in [0.1, 0.15) is 0 Å². The van der Waals surface area contributed by atoms with E-state index in [2.05, 4.69) is 194 Å². The quantitative estimate of drug-likeness (QED) is 0.162. The molecule has 0 aliphatic rings. The van der Waals surface area contributed by atoms with Crippen LogP contribution in [0.2, 0.25) is 0 Å². The third kappa shape index (κ3) is 5.64. The van der Waals surface area contributed by atoms with Gasteiger partial charge in [-0.25, -0.2) is 15.0 Å². The van der Waals surface area contributed by atoms with Crippen LogP contribution in [0.4, 0.5) is 0 Å². The second kappa shape index (κ2) is 14.1. The molecule has 14 rings (SSSR count). The van der Waals surface area contributed by atoms with Crippen LogP contribution in [-0.2, 0) is 0 Å². The molecule has 0 atom stereocenters. The molecule has 0 spiro atoms. The monoisotopic (exact) mass is 841 g/mol. The lowest BCUT2D eigenvalue weighted by atomic mass is 9.85. The summed E-state index contributed by atoms with van der Waals surface area (Å²) in [5.74, 6) is 1.95. The lowest BCUT2D eigenvalue weighted by molar-refractivity contribution is 1.07. The zero-order chi connectivity index (χ0) is 42.6. The SMILES string of the molecule is c1ccc(-c2nc(-c3ccc(-c4ccccc4-c4cc5ccc6cccc7c8cccc9ccc%10cccc(c(c4)c5c67)c%10c98)cc3)nc(-c3ccc4sc5ccccc5c4c3)n2)cc1. The van der Waals surface area contributed by atoms with E-state index in [0.717, 1.165) is 22.3 Å². The molecular formula is C61H35N3S. The number of fused-ring (bicyclic) bond motifs is 5. The first kappa shape index (κ1) is 36.2. The van der Waals surface area contributed by atoms with Crippen LogP contribution in [0, 0.1) is 0 Å². The normalized spacial score (nSPS) is 12.0. The molecule has 0 fully saturated rings. The molecule has 4 heteroatoms. The smallest absolute Gasteiger partial charge is 0.164 e. The summed E-state index contributed by atoms with van der Waals surface area (Å²) in [5.41, 5.74) is 7.52. The summed E-state index contributed by atoms with van der Waals surface area (Å²) in [5, 5.41) is 17.8. The first-order valence-corrected chi connectivity index (χ1v) is 22.9. The summed E-state index contributed by atoms with van der Waals surface area (Å²) in [7, 11) is 0. The third-order valence-corrected chi connectivity index (χ3v) is 14.6. The summed E-state index contributed by atoms with van der Waals surface area (Å²) in [4.78, 5) is 15.3. The second-order valence-corrected chi connectivity index (χ2v) is 18.2. The van der Waals surface area contributed by atoms with E-state index in [0.29, 0.717) is 17.5 Å². The lowest BCUT2D eigenvalue weighted by Gasteiger charge is -2.18. The fourth-order valence-electron chi connectivity index (χ4n) is 10.4. The summed E-state index contributed by atoms with van der Waals surface area (Å²) >= 11 is 1.81. The molecule has 14 aromatic rings. The van der Waals surface area contributed by atoms with Crippen LogP contribution >= 0.6 is 11.3 Å². The van der Waals surface area contributed by atoms with E-state index in [1.807, 2.05) is 29.5 Å². The molecule has 0 bridgehead atoms. The molecule has 0 saturated carbocycles. The van der Waals surface area contributed by atoms with Crippen molar-refractivity contribution >= 4 is 96.1 Å². The Morgan fingerprint density at radius 1 is 0.246 bits per heavy atom. The maximum atomic E-state index is 5.15. The Hall–Kier alpha value is -8.31. The molecule has 0 amide bonds. The molecule has 300 valence electrons. The van der Waals surface area contributed by atoms with Gasteiger partial charge in [0.15, 0.2) is 17.5 Å². The van der Waals surface area contributed by atoms with Gasteiger partial charge in [-0.2, -0.15) is 0 Å². The van der Waals surface area contributed by atoms with Crippen molar-refractivity contribution < 1.29 is 0 Å². The van der Waals surface area contributed by atoms with E-state index in [1.165, 1.54) is 101 Å². The van der Waals surface area contributed by atoms with Crippen LogP contribution in [0.15, 0.2) is 212 Å². The van der Waals surface area contributed by atoms with Gasteiger partial charge in [0, 0.05) is 36.9 Å². The molecular weight excluding hydrogens is 807 g/mol. The van der Waals surface area contributed by atoms with Gasteiger partial charge in [0.25, 0.3) is 0 Å². The molecule has 12 aromatic carbocycles. The molecule has 0 aliphatic carbocycles. The molecule has 3 nitrogen and oxygen atoms in total. The summed E-state index contributed by atoms with van der Waals surface area (Å²) in [6.45, 7) is 0. The first-order chi connectivity index (χ1) is 32.2. The van der Waals surface area contributed by atoms with Gasteiger partial charge in [0.05, 0.1) is 0 Å². The highest BCUT2D eigenvalue weighted by Crippen LogP contribution is 2.46. The van der Waals surface area contributed by atoms with Crippen LogP contribution in [0.25, 0.3) is 141 Å². The summed E-state index contributed by atoms with van der Waals surface area (Å²) in [6.07, 6.45) is 0. The van der Waals surface area contributed by atoms with Crippen molar-refractivity contribution in [2.45, 2.75) is 0 Å². The largest absolute Gasteiger partial charge is 0.208 e. The van der Waals surface area contributed by atoms with Crippen molar-refractivity contribution in [2.75, 3.05) is 0 Å². The number of nitrogens with zero attached hydrogens (tertiary/aromatic N) is 3. The van der Waals surface area contributed by atoms with Crippen LogP contribution in [0.1, 0.15) is 0 Å². The first-order valence-electron chi connectivity index (χ1n) is 22.1. The highest BCUT2D eigenvalue weighted by atomic mass is 32.1. The minimum atomic E-state index is 0.641. The van der Waals surface area contributed by atoms with Crippen molar-refractivity contribution in [1.29, 1.82) is 0 Å².